The topological polar surface area (TPSA) is 58.4 Å². The van der Waals surface area contributed by atoms with E-state index < -0.39 is 0 Å². The van der Waals surface area contributed by atoms with Gasteiger partial charge >= 0.3 is 0 Å². The normalized spacial score (nSPS) is 17.2. The number of rotatable bonds is 6. The average molecular weight is 277 g/mol. The Kier molecular flexibility index (Phi) is 5.49. The predicted molar refractivity (Wildman–Crippen MR) is 79.9 cm³/mol. The van der Waals surface area contributed by atoms with Crippen LogP contribution in [-0.2, 0) is 6.42 Å². The molecule has 1 aromatic carbocycles. The molecule has 1 heterocycles. The maximum atomic E-state index is 10.6. The fourth-order valence-electron chi connectivity index (χ4n) is 2.74. The van der Waals surface area contributed by atoms with Crippen molar-refractivity contribution >= 4 is 5.69 Å². The van der Waals surface area contributed by atoms with Crippen LogP contribution in [0.5, 0.6) is 0 Å². The standard InChI is InChI=1S/C15H23N3O2/c1-16-14-8-11-17(12-9-14)10-2-3-13-4-6-15(7-5-13)18(19)20/h4-7,14,16H,2-3,8-12H2,1H3. The van der Waals surface area contributed by atoms with Crippen LogP contribution < -0.4 is 5.32 Å². The van der Waals surface area contributed by atoms with E-state index >= 15 is 0 Å². The number of aryl methyl sites for hydroxylation is 1. The molecule has 1 aliphatic rings. The van der Waals surface area contributed by atoms with E-state index in [2.05, 4.69) is 10.2 Å². The maximum Gasteiger partial charge on any atom is 0.269 e. The number of nitro groups is 1. The Labute approximate surface area is 120 Å². The fraction of sp³-hybridized carbons (Fsp3) is 0.600. The zero-order valence-corrected chi connectivity index (χ0v) is 12.0. The molecule has 0 radical (unpaired) electrons. The van der Waals surface area contributed by atoms with E-state index in [1.54, 1.807) is 12.1 Å². The molecule has 0 bridgehead atoms. The highest BCUT2D eigenvalue weighted by atomic mass is 16.6. The van der Waals surface area contributed by atoms with E-state index in [-0.39, 0.29) is 10.6 Å². The number of piperidine rings is 1. The van der Waals surface area contributed by atoms with E-state index in [0.717, 1.165) is 19.4 Å². The van der Waals surface area contributed by atoms with Crippen LogP contribution in [0.15, 0.2) is 24.3 Å². The summed E-state index contributed by atoms with van der Waals surface area (Å²) in [5.74, 6) is 0. The van der Waals surface area contributed by atoms with Gasteiger partial charge in [0.15, 0.2) is 0 Å². The molecule has 5 heteroatoms. The highest BCUT2D eigenvalue weighted by Gasteiger charge is 2.16. The van der Waals surface area contributed by atoms with Gasteiger partial charge in [0.25, 0.3) is 5.69 Å². The number of nitrogens with zero attached hydrogens (tertiary/aromatic N) is 2. The highest BCUT2D eigenvalue weighted by molar-refractivity contribution is 5.32. The summed E-state index contributed by atoms with van der Waals surface area (Å²) < 4.78 is 0. The van der Waals surface area contributed by atoms with E-state index in [1.165, 1.54) is 31.5 Å². The van der Waals surface area contributed by atoms with Crippen molar-refractivity contribution in [2.24, 2.45) is 0 Å². The zero-order valence-electron chi connectivity index (χ0n) is 12.0. The van der Waals surface area contributed by atoms with Gasteiger partial charge < -0.3 is 10.2 Å². The van der Waals surface area contributed by atoms with Crippen molar-refractivity contribution < 1.29 is 4.92 Å². The summed E-state index contributed by atoms with van der Waals surface area (Å²) >= 11 is 0. The lowest BCUT2D eigenvalue weighted by Crippen LogP contribution is -2.41. The maximum absolute atomic E-state index is 10.6. The number of hydrogen-bond acceptors (Lipinski definition) is 4. The molecule has 1 N–H and O–H groups in total. The molecule has 0 atom stereocenters. The third-order valence-electron chi connectivity index (χ3n) is 4.08. The molecule has 0 aliphatic carbocycles. The first kappa shape index (κ1) is 14.9. The van der Waals surface area contributed by atoms with Gasteiger partial charge in [-0.2, -0.15) is 0 Å². The largest absolute Gasteiger partial charge is 0.317 e. The van der Waals surface area contributed by atoms with Gasteiger partial charge in [0.1, 0.15) is 0 Å². The van der Waals surface area contributed by atoms with Crippen molar-refractivity contribution in [2.75, 3.05) is 26.7 Å². The lowest BCUT2D eigenvalue weighted by molar-refractivity contribution is -0.384. The summed E-state index contributed by atoms with van der Waals surface area (Å²) in [6.07, 6.45) is 4.56. The molecule has 0 unspecified atom stereocenters. The van der Waals surface area contributed by atoms with Gasteiger partial charge in [-0.15, -0.1) is 0 Å². The molecule has 1 aliphatic heterocycles. The second-order valence-electron chi connectivity index (χ2n) is 5.43. The van der Waals surface area contributed by atoms with Crippen LogP contribution in [0.3, 0.4) is 0 Å². The van der Waals surface area contributed by atoms with Crippen LogP contribution in [0.4, 0.5) is 5.69 Å². The van der Waals surface area contributed by atoms with Gasteiger partial charge in [0.2, 0.25) is 0 Å². The number of nitro benzene ring substituents is 1. The smallest absolute Gasteiger partial charge is 0.269 e. The highest BCUT2D eigenvalue weighted by Crippen LogP contribution is 2.14. The summed E-state index contributed by atoms with van der Waals surface area (Å²) in [4.78, 5) is 12.7. The third-order valence-corrected chi connectivity index (χ3v) is 4.08. The Morgan fingerprint density at radius 2 is 1.95 bits per heavy atom. The summed E-state index contributed by atoms with van der Waals surface area (Å²) in [6.45, 7) is 3.46. The summed E-state index contributed by atoms with van der Waals surface area (Å²) in [6, 6.07) is 7.60. The molecule has 0 amide bonds. The van der Waals surface area contributed by atoms with Crippen LogP contribution in [0.25, 0.3) is 0 Å². The van der Waals surface area contributed by atoms with Gasteiger partial charge in [0.05, 0.1) is 4.92 Å². The van der Waals surface area contributed by atoms with Gasteiger partial charge in [-0.1, -0.05) is 12.1 Å². The molecule has 110 valence electrons. The minimum atomic E-state index is -0.351. The van der Waals surface area contributed by atoms with Gasteiger partial charge in [-0.3, -0.25) is 10.1 Å². The van der Waals surface area contributed by atoms with Gasteiger partial charge in [-0.05, 0) is 57.9 Å². The molecule has 20 heavy (non-hydrogen) atoms. The zero-order chi connectivity index (χ0) is 14.4. The quantitative estimate of drug-likeness (QED) is 0.640. The van der Waals surface area contributed by atoms with Crippen molar-refractivity contribution in [1.29, 1.82) is 0 Å². The molecular formula is C15H23N3O2. The van der Waals surface area contributed by atoms with Crippen molar-refractivity contribution in [2.45, 2.75) is 31.7 Å². The third kappa shape index (κ3) is 4.28. The minimum absolute atomic E-state index is 0.169. The van der Waals surface area contributed by atoms with Crippen LogP contribution in [0.2, 0.25) is 0 Å². The van der Waals surface area contributed by atoms with Gasteiger partial charge in [-0.25, -0.2) is 0 Å². The van der Waals surface area contributed by atoms with Crippen molar-refractivity contribution in [1.82, 2.24) is 10.2 Å². The van der Waals surface area contributed by atoms with E-state index in [9.17, 15) is 10.1 Å². The minimum Gasteiger partial charge on any atom is -0.317 e. The first-order valence-corrected chi connectivity index (χ1v) is 7.32. The van der Waals surface area contributed by atoms with Crippen LogP contribution in [0.1, 0.15) is 24.8 Å². The molecule has 1 aromatic rings. The van der Waals surface area contributed by atoms with Crippen LogP contribution in [0, 0.1) is 10.1 Å². The van der Waals surface area contributed by atoms with Crippen molar-refractivity contribution in [3.63, 3.8) is 0 Å². The number of nitrogens with one attached hydrogen (secondary N) is 1. The molecule has 2 rings (SSSR count). The number of likely N-dealkylation sites (tertiary alicyclic amines) is 1. The van der Waals surface area contributed by atoms with E-state index in [1.807, 2.05) is 19.2 Å². The number of non-ortho nitro benzene ring substituents is 1. The number of hydrogen-bond donors (Lipinski definition) is 1. The summed E-state index contributed by atoms with van der Waals surface area (Å²) in [5, 5.41) is 13.9. The van der Waals surface area contributed by atoms with Gasteiger partial charge in [0, 0.05) is 18.2 Å². The second kappa shape index (κ2) is 7.36. The Bertz CT molecular complexity index is 425. The average Bonchev–Trinajstić information content (AvgIpc) is 2.48. The lowest BCUT2D eigenvalue weighted by Gasteiger charge is -2.31. The Hall–Kier alpha value is -1.46. The Morgan fingerprint density at radius 1 is 1.30 bits per heavy atom. The van der Waals surface area contributed by atoms with E-state index in [4.69, 9.17) is 0 Å². The first-order chi connectivity index (χ1) is 9.69. The molecule has 0 aromatic heterocycles. The predicted octanol–water partition coefficient (Wildman–Crippen LogP) is 2.21. The number of benzene rings is 1. The van der Waals surface area contributed by atoms with Crippen molar-refractivity contribution in [3.8, 4) is 0 Å². The van der Waals surface area contributed by atoms with Crippen LogP contribution >= 0.6 is 0 Å². The Balaban J connectivity index is 1.69. The second-order valence-corrected chi connectivity index (χ2v) is 5.43. The molecular weight excluding hydrogens is 254 g/mol. The molecule has 0 spiro atoms. The van der Waals surface area contributed by atoms with Crippen LogP contribution in [-0.4, -0.2) is 42.5 Å². The molecule has 0 saturated carbocycles. The SMILES string of the molecule is CNC1CCN(CCCc2ccc([N+](=O)[O-])cc2)CC1. The van der Waals surface area contributed by atoms with E-state index in [0.29, 0.717) is 6.04 Å². The monoisotopic (exact) mass is 277 g/mol. The first-order valence-electron chi connectivity index (χ1n) is 7.32. The lowest BCUT2D eigenvalue weighted by atomic mass is 10.0. The Morgan fingerprint density at radius 3 is 2.50 bits per heavy atom. The fourth-order valence-corrected chi connectivity index (χ4v) is 2.74. The molecule has 1 saturated heterocycles. The van der Waals surface area contributed by atoms with Crippen molar-refractivity contribution in [3.05, 3.63) is 39.9 Å². The summed E-state index contributed by atoms with van der Waals surface area (Å²) in [7, 11) is 2.04. The summed E-state index contributed by atoms with van der Waals surface area (Å²) in [5.41, 5.74) is 1.35. The molecule has 1 fully saturated rings. The molecule has 5 nitrogen and oxygen atoms in total.